The molecule has 0 bridgehead atoms. The lowest BCUT2D eigenvalue weighted by Gasteiger charge is -2.36. The third kappa shape index (κ3) is 5.17. The van der Waals surface area contributed by atoms with Crippen molar-refractivity contribution < 1.29 is 14.3 Å². The van der Waals surface area contributed by atoms with Crippen LogP contribution in [-0.2, 0) is 26.2 Å². The molecule has 2 aromatic carbocycles. The molecule has 0 aliphatic carbocycles. The zero-order valence-electron chi connectivity index (χ0n) is 16.8. The van der Waals surface area contributed by atoms with Gasteiger partial charge in [-0.25, -0.2) is 0 Å². The van der Waals surface area contributed by atoms with E-state index >= 15 is 0 Å². The number of nitrogens with one attached hydrogen (secondary N) is 2. The third-order valence-corrected chi connectivity index (χ3v) is 5.53. The standard InChI is InChI=1S/C23H27ClN2O3/c1-16(2)25-21(27)15-17-7-9-18(10-8-17)26-22(28)23(11-13-29-14-12-23)19-5-3-4-6-20(19)24/h3-10,16H,11-15H2,1-2H3,(H,25,27)(H,26,28). The van der Waals surface area contributed by atoms with Gasteiger partial charge in [0.2, 0.25) is 11.8 Å². The minimum Gasteiger partial charge on any atom is -0.381 e. The van der Waals surface area contributed by atoms with Gasteiger partial charge in [0, 0.05) is 30.0 Å². The van der Waals surface area contributed by atoms with E-state index in [-0.39, 0.29) is 17.9 Å². The van der Waals surface area contributed by atoms with Gasteiger partial charge in [0.15, 0.2) is 0 Å². The van der Waals surface area contributed by atoms with Gasteiger partial charge in [0.05, 0.1) is 11.8 Å². The van der Waals surface area contributed by atoms with Crippen LogP contribution >= 0.6 is 11.6 Å². The van der Waals surface area contributed by atoms with Crippen molar-refractivity contribution in [2.45, 2.75) is 44.6 Å². The van der Waals surface area contributed by atoms with Gasteiger partial charge in [-0.1, -0.05) is 41.9 Å². The molecule has 1 aliphatic heterocycles. The molecule has 1 fully saturated rings. The van der Waals surface area contributed by atoms with E-state index < -0.39 is 5.41 Å². The van der Waals surface area contributed by atoms with Crippen LogP contribution in [-0.4, -0.2) is 31.1 Å². The number of carbonyl (C=O) groups excluding carboxylic acids is 2. The van der Waals surface area contributed by atoms with Crippen LogP contribution in [0, 0.1) is 0 Å². The highest BCUT2D eigenvalue weighted by Gasteiger charge is 2.43. The Morgan fingerprint density at radius 1 is 1.07 bits per heavy atom. The lowest BCUT2D eigenvalue weighted by Crippen LogP contribution is -2.45. The Bertz CT molecular complexity index is 859. The van der Waals surface area contributed by atoms with Crippen molar-refractivity contribution in [1.82, 2.24) is 5.32 Å². The Hall–Kier alpha value is -2.37. The third-order valence-electron chi connectivity index (χ3n) is 5.20. The Morgan fingerprint density at radius 3 is 2.34 bits per heavy atom. The van der Waals surface area contributed by atoms with Gasteiger partial charge in [-0.3, -0.25) is 9.59 Å². The van der Waals surface area contributed by atoms with Gasteiger partial charge in [-0.15, -0.1) is 0 Å². The van der Waals surface area contributed by atoms with Crippen molar-refractivity contribution in [3.05, 3.63) is 64.7 Å². The summed E-state index contributed by atoms with van der Waals surface area (Å²) in [6.45, 7) is 4.90. The molecule has 0 spiro atoms. The van der Waals surface area contributed by atoms with Crippen LogP contribution < -0.4 is 10.6 Å². The molecular formula is C23H27ClN2O3. The van der Waals surface area contributed by atoms with Crippen LogP contribution in [0.4, 0.5) is 5.69 Å². The average Bonchev–Trinajstić information content (AvgIpc) is 2.69. The topological polar surface area (TPSA) is 67.4 Å². The molecule has 2 aromatic rings. The Kier molecular flexibility index (Phi) is 6.93. The van der Waals surface area contributed by atoms with E-state index in [1.54, 1.807) is 0 Å². The number of carbonyl (C=O) groups is 2. The first-order valence-electron chi connectivity index (χ1n) is 9.93. The summed E-state index contributed by atoms with van der Waals surface area (Å²) in [6, 6.07) is 15.0. The fourth-order valence-electron chi connectivity index (χ4n) is 3.70. The average molecular weight is 415 g/mol. The largest absolute Gasteiger partial charge is 0.381 e. The van der Waals surface area contributed by atoms with Gasteiger partial charge in [-0.05, 0) is 56.0 Å². The highest BCUT2D eigenvalue weighted by Crippen LogP contribution is 2.39. The van der Waals surface area contributed by atoms with Gasteiger partial charge in [0.1, 0.15) is 0 Å². The van der Waals surface area contributed by atoms with Crippen LogP contribution in [0.5, 0.6) is 0 Å². The molecule has 0 atom stereocenters. The first-order valence-corrected chi connectivity index (χ1v) is 10.3. The highest BCUT2D eigenvalue weighted by molar-refractivity contribution is 6.31. The van der Waals surface area contributed by atoms with Crippen LogP contribution in [0.25, 0.3) is 0 Å². The van der Waals surface area contributed by atoms with E-state index in [2.05, 4.69) is 10.6 Å². The smallest absolute Gasteiger partial charge is 0.235 e. The molecular weight excluding hydrogens is 388 g/mol. The Morgan fingerprint density at radius 2 is 1.72 bits per heavy atom. The molecule has 154 valence electrons. The number of hydrogen-bond acceptors (Lipinski definition) is 3. The minimum atomic E-state index is -0.716. The van der Waals surface area contributed by atoms with E-state index in [1.807, 2.05) is 62.4 Å². The summed E-state index contributed by atoms with van der Waals surface area (Å²) in [4.78, 5) is 25.3. The summed E-state index contributed by atoms with van der Waals surface area (Å²) in [5.41, 5.74) is 1.71. The van der Waals surface area contributed by atoms with E-state index in [9.17, 15) is 9.59 Å². The Labute approximate surface area is 176 Å². The molecule has 1 heterocycles. The number of amides is 2. The maximum atomic E-state index is 13.3. The molecule has 29 heavy (non-hydrogen) atoms. The number of rotatable bonds is 6. The van der Waals surface area contributed by atoms with E-state index in [0.29, 0.717) is 43.2 Å². The summed E-state index contributed by atoms with van der Waals surface area (Å²) < 4.78 is 5.51. The molecule has 1 aliphatic rings. The van der Waals surface area contributed by atoms with E-state index in [1.165, 1.54) is 0 Å². The predicted octanol–water partition coefficient (Wildman–Crippen LogP) is 4.09. The van der Waals surface area contributed by atoms with Gasteiger partial charge < -0.3 is 15.4 Å². The zero-order valence-corrected chi connectivity index (χ0v) is 17.6. The molecule has 0 radical (unpaired) electrons. The van der Waals surface area contributed by atoms with Crippen molar-refractivity contribution in [2.24, 2.45) is 0 Å². The van der Waals surface area contributed by atoms with Gasteiger partial charge >= 0.3 is 0 Å². The number of hydrogen-bond donors (Lipinski definition) is 2. The molecule has 2 N–H and O–H groups in total. The van der Waals surface area contributed by atoms with Gasteiger partial charge in [-0.2, -0.15) is 0 Å². The minimum absolute atomic E-state index is 0.0170. The number of benzene rings is 2. The molecule has 0 aromatic heterocycles. The number of ether oxygens (including phenoxy) is 1. The van der Waals surface area contributed by atoms with Crippen LogP contribution in [0.2, 0.25) is 5.02 Å². The highest BCUT2D eigenvalue weighted by atomic mass is 35.5. The fourth-order valence-corrected chi connectivity index (χ4v) is 4.02. The zero-order chi connectivity index (χ0) is 20.9. The molecule has 1 saturated heterocycles. The summed E-state index contributed by atoms with van der Waals surface area (Å²) in [6.07, 6.45) is 1.47. The molecule has 3 rings (SSSR count). The first-order chi connectivity index (χ1) is 13.9. The molecule has 0 saturated carbocycles. The second kappa shape index (κ2) is 9.42. The fraction of sp³-hybridized carbons (Fsp3) is 0.391. The van der Waals surface area contributed by atoms with Crippen molar-refractivity contribution >= 4 is 29.1 Å². The molecule has 5 nitrogen and oxygen atoms in total. The van der Waals surface area contributed by atoms with Crippen LogP contribution in [0.3, 0.4) is 0 Å². The normalized spacial score (nSPS) is 15.7. The summed E-state index contributed by atoms with van der Waals surface area (Å²) in [5, 5.41) is 6.51. The van der Waals surface area contributed by atoms with Crippen molar-refractivity contribution in [1.29, 1.82) is 0 Å². The SMILES string of the molecule is CC(C)NC(=O)Cc1ccc(NC(=O)C2(c3ccccc3Cl)CCOCC2)cc1. The summed E-state index contributed by atoms with van der Waals surface area (Å²) in [7, 11) is 0. The Balaban J connectivity index is 1.75. The van der Waals surface area contributed by atoms with Crippen LogP contribution in [0.15, 0.2) is 48.5 Å². The summed E-state index contributed by atoms with van der Waals surface area (Å²) >= 11 is 6.44. The predicted molar refractivity (Wildman–Crippen MR) is 115 cm³/mol. The lowest BCUT2D eigenvalue weighted by molar-refractivity contribution is -0.125. The van der Waals surface area contributed by atoms with Crippen molar-refractivity contribution in [3.63, 3.8) is 0 Å². The quantitative estimate of drug-likeness (QED) is 0.747. The maximum Gasteiger partial charge on any atom is 0.235 e. The maximum absolute atomic E-state index is 13.3. The van der Waals surface area contributed by atoms with E-state index in [4.69, 9.17) is 16.3 Å². The second-order valence-electron chi connectivity index (χ2n) is 7.72. The molecule has 0 unspecified atom stereocenters. The first kappa shape index (κ1) is 21.3. The monoisotopic (exact) mass is 414 g/mol. The second-order valence-corrected chi connectivity index (χ2v) is 8.13. The lowest BCUT2D eigenvalue weighted by atomic mass is 9.73. The summed E-state index contributed by atoms with van der Waals surface area (Å²) in [5.74, 6) is -0.101. The number of anilines is 1. The molecule has 6 heteroatoms. The van der Waals surface area contributed by atoms with Crippen molar-refractivity contribution in [3.8, 4) is 0 Å². The number of halogens is 1. The van der Waals surface area contributed by atoms with Gasteiger partial charge in [0.25, 0.3) is 0 Å². The van der Waals surface area contributed by atoms with Crippen LogP contribution in [0.1, 0.15) is 37.8 Å². The van der Waals surface area contributed by atoms with E-state index in [0.717, 1.165) is 11.1 Å². The van der Waals surface area contributed by atoms with Crippen molar-refractivity contribution in [2.75, 3.05) is 18.5 Å². The molecule has 2 amide bonds.